The van der Waals surface area contributed by atoms with Crippen LogP contribution in [0.4, 0.5) is 5.69 Å². The Balaban J connectivity index is 1.64. The van der Waals surface area contributed by atoms with Crippen LogP contribution in [0.5, 0.6) is 5.75 Å². The van der Waals surface area contributed by atoms with Gasteiger partial charge in [0.1, 0.15) is 6.54 Å². The molecule has 1 aliphatic carbocycles. The van der Waals surface area contributed by atoms with Gasteiger partial charge in [0, 0.05) is 6.04 Å². The van der Waals surface area contributed by atoms with Gasteiger partial charge >= 0.3 is 5.97 Å². The highest BCUT2D eigenvalue weighted by atomic mass is 16.5. The van der Waals surface area contributed by atoms with Crippen LogP contribution in [0.25, 0.3) is 0 Å². The lowest BCUT2D eigenvalue weighted by atomic mass is 9.95. The number of nitrogens with zero attached hydrogens (tertiary/aromatic N) is 1. The molecule has 1 aromatic carbocycles. The molecular weight excluding hydrogens is 268 g/mol. The van der Waals surface area contributed by atoms with E-state index in [9.17, 15) is 9.59 Å². The lowest BCUT2D eigenvalue weighted by molar-refractivity contribution is -0.133. The van der Waals surface area contributed by atoms with Crippen LogP contribution in [-0.2, 0) is 9.59 Å². The van der Waals surface area contributed by atoms with Crippen molar-refractivity contribution in [3.8, 4) is 5.75 Å². The molecule has 0 saturated heterocycles. The van der Waals surface area contributed by atoms with E-state index in [0.717, 1.165) is 18.5 Å². The Morgan fingerprint density at radius 1 is 1.24 bits per heavy atom. The number of fused-ring (bicyclic) bond motifs is 1. The van der Waals surface area contributed by atoms with Gasteiger partial charge in [0.2, 0.25) is 5.91 Å². The van der Waals surface area contributed by atoms with E-state index in [1.807, 2.05) is 18.2 Å². The van der Waals surface area contributed by atoms with Gasteiger partial charge < -0.3 is 15.0 Å². The van der Waals surface area contributed by atoms with Gasteiger partial charge in [-0.3, -0.25) is 4.79 Å². The lowest BCUT2D eigenvalue weighted by Crippen LogP contribution is -2.46. The van der Waals surface area contributed by atoms with Crippen LogP contribution in [0.2, 0.25) is 0 Å². The summed E-state index contributed by atoms with van der Waals surface area (Å²) in [6.07, 6.45) is 5.75. The number of benzene rings is 1. The van der Waals surface area contributed by atoms with E-state index < -0.39 is 0 Å². The highest BCUT2D eigenvalue weighted by Crippen LogP contribution is 2.31. The normalized spacial score (nSPS) is 18.9. The van der Waals surface area contributed by atoms with E-state index in [0.29, 0.717) is 11.8 Å². The molecule has 112 valence electrons. The number of ether oxygens (including phenoxy) is 1. The third-order valence-corrected chi connectivity index (χ3v) is 4.05. The Labute approximate surface area is 124 Å². The third-order valence-electron chi connectivity index (χ3n) is 4.05. The SMILES string of the molecule is O=C(CN1CC(=O)Oc2ccccc21)NC1CCCCC1. The third kappa shape index (κ3) is 3.35. The predicted octanol–water partition coefficient (Wildman–Crippen LogP) is 1.86. The summed E-state index contributed by atoms with van der Waals surface area (Å²) in [6, 6.07) is 7.61. The molecule has 0 radical (unpaired) electrons. The Morgan fingerprint density at radius 2 is 2.00 bits per heavy atom. The minimum atomic E-state index is -0.320. The number of carbonyl (C=O) groups excluding carboxylic acids is 2. The minimum Gasteiger partial charge on any atom is -0.423 e. The highest BCUT2D eigenvalue weighted by Gasteiger charge is 2.26. The zero-order valence-corrected chi connectivity index (χ0v) is 12.0. The van der Waals surface area contributed by atoms with Crippen molar-refractivity contribution in [2.45, 2.75) is 38.1 Å². The van der Waals surface area contributed by atoms with Gasteiger partial charge in [-0.05, 0) is 25.0 Å². The van der Waals surface area contributed by atoms with E-state index in [1.165, 1.54) is 19.3 Å². The number of hydrogen-bond acceptors (Lipinski definition) is 4. The first-order chi connectivity index (χ1) is 10.2. The summed E-state index contributed by atoms with van der Waals surface area (Å²) < 4.78 is 5.18. The van der Waals surface area contributed by atoms with Gasteiger partial charge in [-0.2, -0.15) is 0 Å². The molecule has 3 rings (SSSR count). The molecule has 0 spiro atoms. The molecule has 1 heterocycles. The van der Waals surface area contributed by atoms with E-state index in [1.54, 1.807) is 11.0 Å². The van der Waals surface area contributed by atoms with E-state index in [4.69, 9.17) is 4.74 Å². The molecular formula is C16H20N2O3. The summed E-state index contributed by atoms with van der Waals surface area (Å²) in [5, 5.41) is 3.08. The fraction of sp³-hybridized carbons (Fsp3) is 0.500. The van der Waals surface area contributed by atoms with E-state index in [2.05, 4.69) is 5.32 Å². The number of amides is 1. The van der Waals surface area contributed by atoms with Gasteiger partial charge in [0.25, 0.3) is 0 Å². The van der Waals surface area contributed by atoms with Crippen LogP contribution in [0.15, 0.2) is 24.3 Å². The molecule has 1 aromatic rings. The quantitative estimate of drug-likeness (QED) is 0.681. The summed E-state index contributed by atoms with van der Waals surface area (Å²) in [4.78, 5) is 25.6. The van der Waals surface area contributed by atoms with Gasteiger partial charge in [0.15, 0.2) is 5.75 Å². The standard InChI is InChI=1S/C16H20N2O3/c19-15(17-12-6-2-1-3-7-12)10-18-11-16(20)21-14-9-5-4-8-13(14)18/h4-5,8-9,12H,1-3,6-7,10-11H2,(H,17,19). The van der Waals surface area contributed by atoms with E-state index >= 15 is 0 Å². The van der Waals surface area contributed by atoms with Crippen molar-refractivity contribution < 1.29 is 14.3 Å². The summed E-state index contributed by atoms with van der Waals surface area (Å²) >= 11 is 0. The van der Waals surface area contributed by atoms with Crippen molar-refractivity contribution in [2.75, 3.05) is 18.0 Å². The molecule has 0 unspecified atom stereocenters. The topological polar surface area (TPSA) is 58.6 Å². The smallest absolute Gasteiger partial charge is 0.331 e. The minimum absolute atomic E-state index is 0.0218. The molecule has 0 atom stereocenters. The van der Waals surface area contributed by atoms with Gasteiger partial charge in [-0.1, -0.05) is 31.4 Å². The molecule has 0 aromatic heterocycles. The van der Waals surface area contributed by atoms with Crippen molar-refractivity contribution in [1.29, 1.82) is 0 Å². The maximum Gasteiger partial charge on any atom is 0.331 e. The largest absolute Gasteiger partial charge is 0.423 e. The van der Waals surface area contributed by atoms with Gasteiger partial charge in [0.05, 0.1) is 12.2 Å². The summed E-state index contributed by atoms with van der Waals surface area (Å²) in [7, 11) is 0. The van der Waals surface area contributed by atoms with Crippen molar-refractivity contribution in [1.82, 2.24) is 5.32 Å². The summed E-state index contributed by atoms with van der Waals surface area (Å²) in [6.45, 7) is 0.317. The fourth-order valence-electron chi connectivity index (χ4n) is 3.04. The molecule has 5 nitrogen and oxygen atoms in total. The maximum atomic E-state index is 12.2. The molecule has 1 aliphatic heterocycles. The molecule has 21 heavy (non-hydrogen) atoms. The number of hydrogen-bond donors (Lipinski definition) is 1. The van der Waals surface area contributed by atoms with Crippen LogP contribution in [0, 0.1) is 0 Å². The molecule has 5 heteroatoms. The molecule has 1 saturated carbocycles. The molecule has 2 aliphatic rings. The van der Waals surface area contributed by atoms with Gasteiger partial charge in [-0.25, -0.2) is 4.79 Å². The summed E-state index contributed by atoms with van der Waals surface area (Å²) in [5.41, 5.74) is 0.802. The highest BCUT2D eigenvalue weighted by molar-refractivity contribution is 5.89. The first-order valence-electron chi connectivity index (χ1n) is 7.56. The first-order valence-corrected chi connectivity index (χ1v) is 7.56. The average Bonchev–Trinajstić information content (AvgIpc) is 2.48. The summed E-state index contributed by atoms with van der Waals surface area (Å²) in [5.74, 6) is 0.185. The van der Waals surface area contributed by atoms with E-state index in [-0.39, 0.29) is 25.0 Å². The second-order valence-corrected chi connectivity index (χ2v) is 5.70. The van der Waals surface area contributed by atoms with Crippen molar-refractivity contribution in [3.05, 3.63) is 24.3 Å². The van der Waals surface area contributed by atoms with Crippen LogP contribution < -0.4 is 15.0 Å². The number of rotatable bonds is 3. The van der Waals surface area contributed by atoms with Crippen molar-refractivity contribution >= 4 is 17.6 Å². The predicted molar refractivity (Wildman–Crippen MR) is 79.3 cm³/mol. The Hall–Kier alpha value is -2.04. The monoisotopic (exact) mass is 288 g/mol. The van der Waals surface area contributed by atoms with Gasteiger partial charge in [-0.15, -0.1) is 0 Å². The zero-order valence-electron chi connectivity index (χ0n) is 12.0. The second kappa shape index (κ2) is 6.16. The Morgan fingerprint density at radius 3 is 2.81 bits per heavy atom. The van der Waals surface area contributed by atoms with Crippen LogP contribution in [0.3, 0.4) is 0 Å². The van der Waals surface area contributed by atoms with Crippen LogP contribution in [0.1, 0.15) is 32.1 Å². The molecule has 1 N–H and O–H groups in total. The number of carbonyl (C=O) groups is 2. The number of anilines is 1. The average molecular weight is 288 g/mol. The molecule has 1 amide bonds. The molecule has 0 bridgehead atoms. The number of esters is 1. The first kappa shape index (κ1) is 13.9. The second-order valence-electron chi connectivity index (χ2n) is 5.70. The zero-order chi connectivity index (χ0) is 14.7. The van der Waals surface area contributed by atoms with Crippen molar-refractivity contribution in [2.24, 2.45) is 0 Å². The van der Waals surface area contributed by atoms with Crippen molar-refractivity contribution in [3.63, 3.8) is 0 Å². The Kier molecular flexibility index (Phi) is 4.08. The molecule has 1 fully saturated rings. The number of nitrogens with one attached hydrogen (secondary N) is 1. The maximum absolute atomic E-state index is 12.2. The Bertz CT molecular complexity index is 538. The number of para-hydroxylation sites is 2. The van der Waals surface area contributed by atoms with Crippen LogP contribution >= 0.6 is 0 Å². The lowest BCUT2D eigenvalue weighted by Gasteiger charge is -2.30. The van der Waals surface area contributed by atoms with Crippen LogP contribution in [-0.4, -0.2) is 31.0 Å². The fourth-order valence-corrected chi connectivity index (χ4v) is 3.04.